The van der Waals surface area contributed by atoms with Gasteiger partial charge in [-0.15, -0.1) is 0 Å². The summed E-state index contributed by atoms with van der Waals surface area (Å²) >= 11 is 0. The highest BCUT2D eigenvalue weighted by atomic mass is 28.4. The van der Waals surface area contributed by atoms with Crippen molar-refractivity contribution >= 4 is 28.4 Å². The van der Waals surface area contributed by atoms with Crippen molar-refractivity contribution < 1.29 is 27.9 Å². The number of unbranched alkanes of at least 4 members (excludes halogenated alkanes) is 2. The first-order valence-electron chi connectivity index (χ1n) is 13.9. The molecule has 0 saturated carbocycles. The highest BCUT2D eigenvalue weighted by molar-refractivity contribution is 6.74. The minimum absolute atomic E-state index is 0.0207. The summed E-state index contributed by atoms with van der Waals surface area (Å²) in [6.07, 6.45) is 2.10. The molecule has 1 aliphatic rings. The van der Waals surface area contributed by atoms with Crippen molar-refractivity contribution in [3.05, 3.63) is 0 Å². The molecule has 1 saturated heterocycles. The minimum Gasteiger partial charge on any atom is -0.409 e. The van der Waals surface area contributed by atoms with Gasteiger partial charge in [0, 0.05) is 20.2 Å². The van der Waals surface area contributed by atoms with Crippen LogP contribution in [0.15, 0.2) is 0 Å². The summed E-state index contributed by atoms with van der Waals surface area (Å²) in [6, 6.07) is -0.760. The Bertz CT molecular complexity index is 733. The molecule has 0 spiro atoms. The van der Waals surface area contributed by atoms with Crippen LogP contribution in [0.2, 0.25) is 36.3 Å². The molecule has 0 aromatic rings. The van der Waals surface area contributed by atoms with Crippen LogP contribution in [0.25, 0.3) is 0 Å². The number of nitrogens with one attached hydrogen (secondary N) is 1. The maximum absolute atomic E-state index is 13.7. The van der Waals surface area contributed by atoms with E-state index in [0.29, 0.717) is 26.3 Å². The monoisotopic (exact) mass is 560 g/mol. The summed E-state index contributed by atoms with van der Waals surface area (Å²) in [6.45, 7) is 25.6. The third kappa shape index (κ3) is 9.72. The van der Waals surface area contributed by atoms with Crippen molar-refractivity contribution in [1.82, 2.24) is 10.2 Å². The lowest BCUT2D eigenvalue weighted by atomic mass is 10.1. The average Bonchev–Trinajstić information content (AvgIpc) is 3.09. The molecule has 0 aromatic carbocycles. The van der Waals surface area contributed by atoms with E-state index in [9.17, 15) is 9.59 Å². The number of carbonyl (C=O) groups excluding carboxylic acids is 2. The van der Waals surface area contributed by atoms with E-state index in [2.05, 4.69) is 80.0 Å². The van der Waals surface area contributed by atoms with Gasteiger partial charge in [-0.05, 0) is 42.7 Å². The van der Waals surface area contributed by atoms with Crippen LogP contribution in [0.3, 0.4) is 0 Å². The number of amides is 2. The van der Waals surface area contributed by atoms with Crippen LogP contribution in [0.1, 0.15) is 67.7 Å². The predicted molar refractivity (Wildman–Crippen MR) is 155 cm³/mol. The molecule has 37 heavy (non-hydrogen) atoms. The van der Waals surface area contributed by atoms with Gasteiger partial charge in [-0.1, -0.05) is 61.3 Å². The van der Waals surface area contributed by atoms with E-state index >= 15 is 0 Å². The van der Waals surface area contributed by atoms with Gasteiger partial charge in [-0.25, -0.2) is 0 Å². The van der Waals surface area contributed by atoms with Gasteiger partial charge in [0.15, 0.2) is 16.6 Å². The average molecular weight is 561 g/mol. The van der Waals surface area contributed by atoms with Gasteiger partial charge in [0.1, 0.15) is 18.8 Å². The van der Waals surface area contributed by atoms with Crippen molar-refractivity contribution in [3.8, 4) is 0 Å². The maximum Gasteiger partial charge on any atom is 0.249 e. The Hall–Kier alpha value is -0.786. The zero-order chi connectivity index (χ0) is 28.7. The molecule has 2 amide bonds. The van der Waals surface area contributed by atoms with Gasteiger partial charge >= 0.3 is 0 Å². The number of hydrogen-bond donors (Lipinski definition) is 1. The summed E-state index contributed by atoms with van der Waals surface area (Å²) in [7, 11) is -2.92. The normalized spacial score (nSPS) is 21.4. The number of methoxy groups -OCH3 is 1. The number of rotatable bonds is 14. The quantitative estimate of drug-likeness (QED) is 0.239. The lowest BCUT2D eigenvalue weighted by Crippen LogP contribution is -2.57. The Labute approximate surface area is 228 Å². The molecule has 0 radical (unpaired) electrons. The Kier molecular flexibility index (Phi) is 13.0. The van der Waals surface area contributed by atoms with Gasteiger partial charge in [-0.2, -0.15) is 0 Å². The second-order valence-electron chi connectivity index (χ2n) is 13.3. The molecule has 8 nitrogen and oxygen atoms in total. The lowest BCUT2D eigenvalue weighted by molar-refractivity contribution is -0.144. The Morgan fingerprint density at radius 2 is 1.49 bits per heavy atom. The Balaban J connectivity index is 3.40. The van der Waals surface area contributed by atoms with E-state index in [-0.39, 0.29) is 34.6 Å². The number of ether oxygens (including phenoxy) is 2. The summed E-state index contributed by atoms with van der Waals surface area (Å²) in [5.41, 5.74) is 0. The molecular weight excluding hydrogens is 504 g/mol. The minimum atomic E-state index is -2.30. The van der Waals surface area contributed by atoms with Gasteiger partial charge in [0.2, 0.25) is 11.8 Å². The van der Waals surface area contributed by atoms with Gasteiger partial charge < -0.3 is 28.5 Å². The number of nitrogens with zero attached hydrogens (tertiary/aromatic N) is 1. The fourth-order valence-corrected chi connectivity index (χ4v) is 6.37. The van der Waals surface area contributed by atoms with Crippen molar-refractivity contribution in [1.29, 1.82) is 0 Å². The van der Waals surface area contributed by atoms with Crippen LogP contribution in [-0.4, -0.2) is 91.6 Å². The summed E-state index contributed by atoms with van der Waals surface area (Å²) in [5.74, 6) is -0.402. The fraction of sp³-hybridized carbons (Fsp3) is 0.926. The summed E-state index contributed by atoms with van der Waals surface area (Å²) < 4.78 is 24.4. The maximum atomic E-state index is 13.7. The standard InChI is InChI=1S/C27H56N2O6Si2/c1-13-14-15-16-28-25(31)23-24(35-37(11,12)27(5,6)7)21(34-36(9,10)26(2,3)4)19-29(23)22(30)20-33-18-17-32-8/h21,23-24H,13-20H2,1-12H3,(H,28,31)/t21-,23?,24+/m0/s1. The summed E-state index contributed by atoms with van der Waals surface area (Å²) in [4.78, 5) is 28.7. The first-order valence-corrected chi connectivity index (χ1v) is 19.7. The van der Waals surface area contributed by atoms with Crippen LogP contribution in [0.5, 0.6) is 0 Å². The number of hydrogen-bond acceptors (Lipinski definition) is 6. The first-order chi connectivity index (χ1) is 16.9. The molecule has 1 fully saturated rings. The van der Waals surface area contributed by atoms with Crippen LogP contribution in [-0.2, 0) is 27.9 Å². The van der Waals surface area contributed by atoms with Crippen LogP contribution >= 0.6 is 0 Å². The van der Waals surface area contributed by atoms with Gasteiger partial charge in [-0.3, -0.25) is 9.59 Å². The van der Waals surface area contributed by atoms with E-state index < -0.39 is 28.8 Å². The first kappa shape index (κ1) is 34.2. The second kappa shape index (κ2) is 14.0. The van der Waals surface area contributed by atoms with E-state index in [1.807, 2.05) is 0 Å². The Morgan fingerprint density at radius 1 is 0.919 bits per heavy atom. The second-order valence-corrected chi connectivity index (χ2v) is 22.8. The number of carbonyl (C=O) groups is 2. The predicted octanol–water partition coefficient (Wildman–Crippen LogP) is 4.95. The van der Waals surface area contributed by atoms with E-state index in [0.717, 1.165) is 19.3 Å². The molecule has 1 aliphatic heterocycles. The molecule has 1 heterocycles. The zero-order valence-corrected chi connectivity index (χ0v) is 27.8. The largest absolute Gasteiger partial charge is 0.409 e. The molecule has 1 unspecified atom stereocenters. The van der Waals surface area contributed by atoms with Crippen molar-refractivity contribution in [3.63, 3.8) is 0 Å². The topological polar surface area (TPSA) is 86.3 Å². The smallest absolute Gasteiger partial charge is 0.249 e. The van der Waals surface area contributed by atoms with E-state index in [1.54, 1.807) is 12.0 Å². The van der Waals surface area contributed by atoms with Gasteiger partial charge in [0.25, 0.3) is 0 Å². The molecule has 0 aromatic heterocycles. The highest BCUT2D eigenvalue weighted by Gasteiger charge is 2.54. The third-order valence-corrected chi connectivity index (χ3v) is 17.2. The SMILES string of the molecule is CCCCCNC(=O)C1[C@H](O[Si](C)(C)C(C)(C)C)[C@@H](O[Si](C)(C)C(C)(C)C)CN1C(=O)COCCOC. The van der Waals surface area contributed by atoms with E-state index in [4.69, 9.17) is 18.3 Å². The van der Waals surface area contributed by atoms with Gasteiger partial charge in [0.05, 0.1) is 19.3 Å². The number of likely N-dealkylation sites (tertiary alicyclic amines) is 1. The van der Waals surface area contributed by atoms with Crippen LogP contribution in [0, 0.1) is 0 Å². The molecular formula is C27H56N2O6Si2. The molecule has 1 rings (SSSR count). The Morgan fingerprint density at radius 3 is 2.00 bits per heavy atom. The molecule has 218 valence electrons. The molecule has 3 atom stereocenters. The van der Waals surface area contributed by atoms with Crippen LogP contribution < -0.4 is 5.32 Å². The van der Waals surface area contributed by atoms with Crippen molar-refractivity contribution in [2.24, 2.45) is 0 Å². The fourth-order valence-electron chi connectivity index (χ4n) is 3.73. The van der Waals surface area contributed by atoms with Crippen molar-refractivity contribution in [2.75, 3.05) is 40.0 Å². The summed E-state index contributed by atoms with van der Waals surface area (Å²) in [5, 5.41) is 3.01. The molecule has 0 aliphatic carbocycles. The van der Waals surface area contributed by atoms with Crippen LogP contribution in [0.4, 0.5) is 0 Å². The van der Waals surface area contributed by atoms with E-state index in [1.165, 1.54) is 0 Å². The van der Waals surface area contributed by atoms with Crippen molar-refractivity contribution in [2.45, 2.75) is 122 Å². The zero-order valence-electron chi connectivity index (χ0n) is 25.8. The lowest BCUT2D eigenvalue weighted by Gasteiger charge is -2.43. The molecule has 0 bridgehead atoms. The highest BCUT2D eigenvalue weighted by Crippen LogP contribution is 2.43. The third-order valence-electron chi connectivity index (χ3n) is 8.20. The molecule has 10 heteroatoms. The molecule has 1 N–H and O–H groups in total.